The number of amides is 2. The molecule has 0 bridgehead atoms. The largest absolute Gasteiger partial charge is 0.392 e. The standard InChI is InChI=1S/C22H37N3O4/c1-14(21(28)25(4)12-6-11-23)16-7-9-22(3)10-8-17(24-18(26)13-29-5)15(2)19(22)20(16)27/h14-17,19-20,27H,6-10,12-13H2,1-5H3,(H,24,26). The first-order valence-electron chi connectivity index (χ1n) is 10.7. The molecule has 0 radical (unpaired) electrons. The fourth-order valence-corrected chi connectivity index (χ4v) is 5.74. The molecule has 2 amide bonds. The van der Waals surface area contributed by atoms with Crippen LogP contribution in [0.5, 0.6) is 0 Å². The molecule has 0 aromatic rings. The van der Waals surface area contributed by atoms with E-state index in [9.17, 15) is 14.7 Å². The average Bonchev–Trinajstić information content (AvgIpc) is 2.67. The quantitative estimate of drug-likeness (QED) is 0.671. The zero-order chi connectivity index (χ0) is 21.8. The van der Waals surface area contributed by atoms with E-state index in [2.05, 4.69) is 25.2 Å². The maximum absolute atomic E-state index is 12.8. The zero-order valence-corrected chi connectivity index (χ0v) is 18.5. The number of nitrogens with one attached hydrogen (secondary N) is 1. The monoisotopic (exact) mass is 407 g/mol. The molecule has 7 unspecified atom stereocenters. The number of carbonyl (C=O) groups excluding carboxylic acids is 2. The summed E-state index contributed by atoms with van der Waals surface area (Å²) in [6.07, 6.45) is 3.36. The number of nitrogens with zero attached hydrogens (tertiary/aromatic N) is 2. The van der Waals surface area contributed by atoms with Gasteiger partial charge in [0.2, 0.25) is 11.8 Å². The van der Waals surface area contributed by atoms with E-state index in [-0.39, 0.29) is 53.5 Å². The van der Waals surface area contributed by atoms with E-state index >= 15 is 0 Å². The van der Waals surface area contributed by atoms with Gasteiger partial charge in [-0.1, -0.05) is 20.8 Å². The summed E-state index contributed by atoms with van der Waals surface area (Å²) in [6, 6.07) is 2.08. The van der Waals surface area contributed by atoms with Gasteiger partial charge in [-0.3, -0.25) is 9.59 Å². The Bertz CT molecular complexity index is 634. The van der Waals surface area contributed by atoms with E-state index in [1.54, 1.807) is 11.9 Å². The van der Waals surface area contributed by atoms with Crippen molar-refractivity contribution in [3.05, 3.63) is 0 Å². The third-order valence-corrected chi connectivity index (χ3v) is 7.48. The van der Waals surface area contributed by atoms with Crippen LogP contribution in [0.1, 0.15) is 52.9 Å². The Kier molecular flexibility index (Phi) is 8.07. The fraction of sp³-hybridized carbons (Fsp3) is 0.864. The van der Waals surface area contributed by atoms with Gasteiger partial charge in [0.15, 0.2) is 0 Å². The van der Waals surface area contributed by atoms with Crippen LogP contribution in [0, 0.1) is 40.4 Å². The van der Waals surface area contributed by atoms with E-state index in [0.29, 0.717) is 13.0 Å². The second kappa shape index (κ2) is 9.90. The van der Waals surface area contributed by atoms with Crippen LogP contribution in [0.25, 0.3) is 0 Å². The van der Waals surface area contributed by atoms with Crippen molar-refractivity contribution in [2.45, 2.75) is 65.0 Å². The van der Waals surface area contributed by atoms with Gasteiger partial charge in [-0.2, -0.15) is 5.26 Å². The third-order valence-electron chi connectivity index (χ3n) is 7.48. The fourth-order valence-electron chi connectivity index (χ4n) is 5.74. The molecule has 164 valence electrons. The minimum atomic E-state index is -0.589. The lowest BCUT2D eigenvalue weighted by atomic mass is 9.51. The molecule has 0 aromatic heterocycles. The lowest BCUT2D eigenvalue weighted by Gasteiger charge is -2.56. The van der Waals surface area contributed by atoms with Crippen LogP contribution in [-0.2, 0) is 14.3 Å². The Hall–Kier alpha value is -1.65. The highest BCUT2D eigenvalue weighted by atomic mass is 16.5. The number of ether oxygens (including phenoxy) is 1. The maximum atomic E-state index is 12.8. The molecule has 2 aliphatic carbocycles. The number of carbonyl (C=O) groups is 2. The SMILES string of the molecule is COCC(=O)NC1CCC2(C)CCC(C(C)C(=O)N(C)CCC#N)C(O)C2C1C. The summed E-state index contributed by atoms with van der Waals surface area (Å²) >= 11 is 0. The molecule has 2 rings (SSSR count). The predicted molar refractivity (Wildman–Crippen MR) is 110 cm³/mol. The molecule has 7 atom stereocenters. The van der Waals surface area contributed by atoms with E-state index in [4.69, 9.17) is 10.00 Å². The van der Waals surface area contributed by atoms with Crippen LogP contribution in [0.4, 0.5) is 0 Å². The Morgan fingerprint density at radius 2 is 2.03 bits per heavy atom. The molecule has 0 spiro atoms. The maximum Gasteiger partial charge on any atom is 0.246 e. The molecular weight excluding hydrogens is 370 g/mol. The number of fused-ring (bicyclic) bond motifs is 1. The number of rotatable bonds is 7. The van der Waals surface area contributed by atoms with Gasteiger partial charge in [-0.15, -0.1) is 0 Å². The van der Waals surface area contributed by atoms with Gasteiger partial charge in [0.25, 0.3) is 0 Å². The predicted octanol–water partition coefficient (Wildman–Crippen LogP) is 1.95. The second-order valence-electron chi connectivity index (χ2n) is 9.33. The number of nitriles is 1. The Balaban J connectivity index is 2.13. The summed E-state index contributed by atoms with van der Waals surface area (Å²) in [5, 5.41) is 23.2. The molecule has 0 saturated heterocycles. The average molecular weight is 408 g/mol. The van der Waals surface area contributed by atoms with Gasteiger partial charge in [-0.25, -0.2) is 0 Å². The van der Waals surface area contributed by atoms with Gasteiger partial charge in [-0.05, 0) is 48.9 Å². The van der Waals surface area contributed by atoms with Crippen LogP contribution in [-0.4, -0.2) is 61.3 Å². The summed E-state index contributed by atoms with van der Waals surface area (Å²) in [6.45, 7) is 6.70. The number of aliphatic hydroxyl groups excluding tert-OH is 1. The van der Waals surface area contributed by atoms with Crippen molar-refractivity contribution >= 4 is 11.8 Å². The van der Waals surface area contributed by atoms with E-state index in [1.165, 1.54) is 7.11 Å². The highest BCUT2D eigenvalue weighted by Crippen LogP contribution is 2.55. The van der Waals surface area contributed by atoms with Crippen molar-refractivity contribution in [3.8, 4) is 6.07 Å². The molecule has 2 aliphatic rings. The first-order chi connectivity index (χ1) is 13.7. The van der Waals surface area contributed by atoms with Crippen molar-refractivity contribution in [2.24, 2.45) is 29.1 Å². The van der Waals surface area contributed by atoms with Gasteiger partial charge in [0.1, 0.15) is 6.61 Å². The molecule has 7 nitrogen and oxygen atoms in total. The molecule has 29 heavy (non-hydrogen) atoms. The lowest BCUT2D eigenvalue weighted by Crippen LogP contribution is -2.58. The van der Waals surface area contributed by atoms with E-state index < -0.39 is 6.10 Å². The van der Waals surface area contributed by atoms with Crippen LogP contribution >= 0.6 is 0 Å². The molecule has 2 saturated carbocycles. The van der Waals surface area contributed by atoms with Gasteiger partial charge < -0.3 is 20.1 Å². The normalized spacial score (nSPS) is 35.1. The highest BCUT2D eigenvalue weighted by molar-refractivity contribution is 5.78. The minimum absolute atomic E-state index is 0.00781. The summed E-state index contributed by atoms with van der Waals surface area (Å²) in [4.78, 5) is 26.5. The summed E-state index contributed by atoms with van der Waals surface area (Å²) in [5.74, 6) is -0.401. The molecule has 0 aromatic carbocycles. The van der Waals surface area contributed by atoms with Crippen molar-refractivity contribution < 1.29 is 19.4 Å². The van der Waals surface area contributed by atoms with Crippen molar-refractivity contribution in [3.63, 3.8) is 0 Å². The first-order valence-corrected chi connectivity index (χ1v) is 10.7. The van der Waals surface area contributed by atoms with Gasteiger partial charge in [0, 0.05) is 32.7 Å². The summed E-state index contributed by atoms with van der Waals surface area (Å²) < 4.78 is 4.93. The number of hydrogen-bond acceptors (Lipinski definition) is 5. The smallest absolute Gasteiger partial charge is 0.246 e. The van der Waals surface area contributed by atoms with Crippen molar-refractivity contribution in [2.75, 3.05) is 27.3 Å². The van der Waals surface area contributed by atoms with Crippen LogP contribution in [0.15, 0.2) is 0 Å². The second-order valence-corrected chi connectivity index (χ2v) is 9.33. The van der Waals surface area contributed by atoms with Crippen LogP contribution in [0.3, 0.4) is 0 Å². The van der Waals surface area contributed by atoms with E-state index in [1.807, 2.05) is 6.92 Å². The summed E-state index contributed by atoms with van der Waals surface area (Å²) in [7, 11) is 3.22. The van der Waals surface area contributed by atoms with E-state index in [0.717, 1.165) is 25.7 Å². The van der Waals surface area contributed by atoms with Crippen LogP contribution < -0.4 is 5.32 Å². The molecule has 0 heterocycles. The first kappa shape index (κ1) is 23.6. The zero-order valence-electron chi connectivity index (χ0n) is 18.5. The van der Waals surface area contributed by atoms with Crippen molar-refractivity contribution in [1.29, 1.82) is 5.26 Å². The summed E-state index contributed by atoms with van der Waals surface area (Å²) in [5.41, 5.74) is 0.0211. The highest BCUT2D eigenvalue weighted by Gasteiger charge is 2.54. The van der Waals surface area contributed by atoms with Crippen molar-refractivity contribution in [1.82, 2.24) is 10.2 Å². The Morgan fingerprint density at radius 1 is 1.38 bits per heavy atom. The van der Waals surface area contributed by atoms with Gasteiger partial charge >= 0.3 is 0 Å². The van der Waals surface area contributed by atoms with Gasteiger partial charge in [0.05, 0.1) is 18.6 Å². The lowest BCUT2D eigenvalue weighted by molar-refractivity contribution is -0.150. The Morgan fingerprint density at radius 3 is 2.66 bits per heavy atom. The number of methoxy groups -OCH3 is 1. The molecule has 2 fully saturated rings. The third kappa shape index (κ3) is 5.10. The topological polar surface area (TPSA) is 103 Å². The molecule has 7 heteroatoms. The molecule has 2 N–H and O–H groups in total. The Labute approximate surface area is 174 Å². The number of hydrogen-bond donors (Lipinski definition) is 2. The minimum Gasteiger partial charge on any atom is -0.392 e. The van der Waals surface area contributed by atoms with Crippen LogP contribution in [0.2, 0.25) is 0 Å². The molecule has 0 aliphatic heterocycles. The number of aliphatic hydroxyl groups is 1. The molecular formula is C22H37N3O4.